The zero-order valence-corrected chi connectivity index (χ0v) is 16.7. The number of rotatable bonds is 5. The number of benzene rings is 2. The first-order chi connectivity index (χ1) is 12.5. The molecule has 5 nitrogen and oxygen atoms in total. The number of hydrogen-bond acceptors (Lipinski definition) is 3. The average Bonchev–Trinajstić information content (AvgIpc) is 3.15. The fourth-order valence-electron chi connectivity index (χ4n) is 2.82. The number of halogens is 1. The van der Waals surface area contributed by atoms with Crippen molar-refractivity contribution in [2.45, 2.75) is 25.9 Å². The summed E-state index contributed by atoms with van der Waals surface area (Å²) in [5.74, 6) is -0.447. The molecule has 1 unspecified atom stereocenters. The lowest BCUT2D eigenvalue weighted by molar-refractivity contribution is 0.0858. The fourth-order valence-corrected chi connectivity index (χ4v) is 3.31. The first-order valence-corrected chi connectivity index (χ1v) is 9.68. The van der Waals surface area contributed by atoms with Gasteiger partial charge in [-0.1, -0.05) is 17.7 Å². The molecule has 1 saturated heterocycles. The average molecular weight is 464 g/mol. The van der Waals surface area contributed by atoms with Crippen molar-refractivity contribution < 1.29 is 14.3 Å². The summed E-state index contributed by atoms with van der Waals surface area (Å²) in [4.78, 5) is 25.1. The maximum Gasteiger partial charge on any atom is 0.255 e. The summed E-state index contributed by atoms with van der Waals surface area (Å²) in [7, 11) is 0. The first-order valence-electron chi connectivity index (χ1n) is 8.60. The number of carbonyl (C=O) groups excluding carboxylic acids is 2. The molecule has 1 aliphatic heterocycles. The molecule has 0 aliphatic carbocycles. The highest BCUT2D eigenvalue weighted by Crippen LogP contribution is 2.20. The highest BCUT2D eigenvalue weighted by molar-refractivity contribution is 14.1. The Morgan fingerprint density at radius 2 is 1.92 bits per heavy atom. The SMILES string of the molecule is Cc1ccc(C(=O)Nc2ccc(I)cc2C(=O)NCC2CCCO2)cc1. The lowest BCUT2D eigenvalue weighted by atomic mass is 10.1. The standard InChI is InChI=1S/C20H21IN2O3/c1-13-4-6-14(7-5-13)19(24)23-18-9-8-15(21)11-17(18)20(25)22-12-16-3-2-10-26-16/h4-9,11,16H,2-3,10,12H2,1H3,(H,22,25)(H,23,24). The number of hydrogen-bond donors (Lipinski definition) is 2. The molecule has 3 rings (SSSR count). The monoisotopic (exact) mass is 464 g/mol. The molecule has 2 aromatic rings. The lowest BCUT2D eigenvalue weighted by Gasteiger charge is -2.14. The number of aryl methyl sites for hydroxylation is 1. The lowest BCUT2D eigenvalue weighted by Crippen LogP contribution is -2.32. The maximum absolute atomic E-state index is 12.6. The molecule has 0 bridgehead atoms. The normalized spacial score (nSPS) is 16.3. The predicted octanol–water partition coefficient (Wildman–Crippen LogP) is 3.76. The van der Waals surface area contributed by atoms with Crippen LogP contribution >= 0.6 is 22.6 Å². The van der Waals surface area contributed by atoms with Crippen molar-refractivity contribution in [3.8, 4) is 0 Å². The summed E-state index contributed by atoms with van der Waals surface area (Å²) in [6.45, 7) is 3.20. The Hall–Kier alpha value is -1.93. The molecular weight excluding hydrogens is 443 g/mol. The van der Waals surface area contributed by atoms with Gasteiger partial charge in [0.2, 0.25) is 0 Å². The molecule has 1 atom stereocenters. The fraction of sp³-hybridized carbons (Fsp3) is 0.300. The summed E-state index contributed by atoms with van der Waals surface area (Å²) < 4.78 is 6.47. The van der Waals surface area contributed by atoms with Crippen LogP contribution in [-0.2, 0) is 4.74 Å². The third-order valence-electron chi connectivity index (χ3n) is 4.30. The molecule has 1 fully saturated rings. The van der Waals surface area contributed by atoms with Crippen molar-refractivity contribution in [1.29, 1.82) is 0 Å². The van der Waals surface area contributed by atoms with E-state index in [1.165, 1.54) is 0 Å². The third kappa shape index (κ3) is 4.82. The van der Waals surface area contributed by atoms with Crippen LogP contribution in [0.15, 0.2) is 42.5 Å². The van der Waals surface area contributed by atoms with Crippen LogP contribution in [0.5, 0.6) is 0 Å². The molecule has 136 valence electrons. The minimum Gasteiger partial charge on any atom is -0.376 e. The number of nitrogens with one attached hydrogen (secondary N) is 2. The minimum absolute atomic E-state index is 0.0762. The van der Waals surface area contributed by atoms with Crippen LogP contribution < -0.4 is 10.6 Å². The Morgan fingerprint density at radius 3 is 2.62 bits per heavy atom. The molecule has 0 spiro atoms. The van der Waals surface area contributed by atoms with E-state index in [-0.39, 0.29) is 17.9 Å². The van der Waals surface area contributed by atoms with Crippen LogP contribution in [0.3, 0.4) is 0 Å². The van der Waals surface area contributed by atoms with Gasteiger partial charge in [0.25, 0.3) is 11.8 Å². The van der Waals surface area contributed by atoms with Gasteiger partial charge < -0.3 is 15.4 Å². The molecule has 1 heterocycles. The van der Waals surface area contributed by atoms with E-state index in [0.717, 1.165) is 28.6 Å². The molecule has 0 saturated carbocycles. The van der Waals surface area contributed by atoms with Gasteiger partial charge >= 0.3 is 0 Å². The Labute approximate surface area is 166 Å². The van der Waals surface area contributed by atoms with Gasteiger partial charge in [0.15, 0.2) is 0 Å². The summed E-state index contributed by atoms with van der Waals surface area (Å²) in [6, 6.07) is 12.7. The van der Waals surface area contributed by atoms with Gasteiger partial charge in [0.05, 0.1) is 17.4 Å². The van der Waals surface area contributed by atoms with Crippen molar-refractivity contribution in [3.05, 3.63) is 62.7 Å². The second-order valence-electron chi connectivity index (χ2n) is 6.36. The van der Waals surface area contributed by atoms with E-state index in [2.05, 4.69) is 33.2 Å². The van der Waals surface area contributed by atoms with Gasteiger partial charge in [-0.3, -0.25) is 9.59 Å². The Kier molecular flexibility index (Phi) is 6.26. The maximum atomic E-state index is 12.6. The van der Waals surface area contributed by atoms with Gasteiger partial charge in [0.1, 0.15) is 0 Å². The number of anilines is 1. The van der Waals surface area contributed by atoms with Crippen LogP contribution in [0.4, 0.5) is 5.69 Å². The topological polar surface area (TPSA) is 67.4 Å². The first kappa shape index (κ1) is 18.8. The Morgan fingerprint density at radius 1 is 1.15 bits per heavy atom. The second kappa shape index (κ2) is 8.64. The van der Waals surface area contributed by atoms with Crippen molar-refractivity contribution in [3.63, 3.8) is 0 Å². The molecular formula is C20H21IN2O3. The van der Waals surface area contributed by atoms with Gasteiger partial charge in [-0.05, 0) is 72.7 Å². The van der Waals surface area contributed by atoms with Crippen molar-refractivity contribution >= 4 is 40.1 Å². The van der Waals surface area contributed by atoms with Crippen molar-refractivity contribution in [2.75, 3.05) is 18.5 Å². The smallest absolute Gasteiger partial charge is 0.255 e. The molecule has 26 heavy (non-hydrogen) atoms. The Balaban J connectivity index is 1.73. The molecule has 6 heteroatoms. The number of carbonyl (C=O) groups is 2. The summed E-state index contributed by atoms with van der Waals surface area (Å²) >= 11 is 2.15. The molecule has 2 aromatic carbocycles. The van der Waals surface area contributed by atoms with Crippen molar-refractivity contribution in [2.24, 2.45) is 0 Å². The second-order valence-corrected chi connectivity index (χ2v) is 7.60. The zero-order valence-electron chi connectivity index (χ0n) is 14.5. The molecule has 1 aliphatic rings. The van der Waals surface area contributed by atoms with Crippen LogP contribution in [0.25, 0.3) is 0 Å². The predicted molar refractivity (Wildman–Crippen MR) is 110 cm³/mol. The summed E-state index contributed by atoms with van der Waals surface area (Å²) in [6.07, 6.45) is 2.07. The van der Waals surface area contributed by atoms with Gasteiger partial charge in [-0.15, -0.1) is 0 Å². The van der Waals surface area contributed by atoms with Crippen LogP contribution in [0, 0.1) is 10.5 Å². The van der Waals surface area contributed by atoms with E-state index in [9.17, 15) is 9.59 Å². The van der Waals surface area contributed by atoms with Gasteiger partial charge in [-0.25, -0.2) is 0 Å². The van der Waals surface area contributed by atoms with E-state index in [1.54, 1.807) is 24.3 Å². The van der Waals surface area contributed by atoms with E-state index in [4.69, 9.17) is 4.74 Å². The minimum atomic E-state index is -0.237. The van der Waals surface area contributed by atoms with Crippen molar-refractivity contribution in [1.82, 2.24) is 5.32 Å². The Bertz CT molecular complexity index is 799. The number of ether oxygens (including phenoxy) is 1. The van der Waals surface area contributed by atoms with Gasteiger partial charge in [-0.2, -0.15) is 0 Å². The summed E-state index contributed by atoms with van der Waals surface area (Å²) in [5.41, 5.74) is 2.60. The van der Waals surface area contributed by atoms with E-state index in [0.29, 0.717) is 23.4 Å². The van der Waals surface area contributed by atoms with Crippen LogP contribution in [-0.4, -0.2) is 31.1 Å². The van der Waals surface area contributed by atoms with Gasteiger partial charge in [0, 0.05) is 22.3 Å². The molecule has 0 radical (unpaired) electrons. The van der Waals surface area contributed by atoms with E-state index in [1.807, 2.05) is 25.1 Å². The van der Waals surface area contributed by atoms with E-state index >= 15 is 0 Å². The highest BCUT2D eigenvalue weighted by atomic mass is 127. The zero-order chi connectivity index (χ0) is 18.5. The largest absolute Gasteiger partial charge is 0.376 e. The van der Waals surface area contributed by atoms with E-state index < -0.39 is 0 Å². The van der Waals surface area contributed by atoms with Crippen LogP contribution in [0.1, 0.15) is 39.1 Å². The molecule has 0 aromatic heterocycles. The highest BCUT2D eigenvalue weighted by Gasteiger charge is 2.19. The molecule has 2 amide bonds. The summed E-state index contributed by atoms with van der Waals surface area (Å²) in [5, 5.41) is 5.76. The van der Waals surface area contributed by atoms with Crippen LogP contribution in [0.2, 0.25) is 0 Å². The number of amides is 2. The third-order valence-corrected chi connectivity index (χ3v) is 4.97. The quantitative estimate of drug-likeness (QED) is 0.663. The molecule has 2 N–H and O–H groups in total.